The number of nitrogens with zero attached hydrogens (tertiary/aromatic N) is 1. The number of halogens is 1. The second-order valence-corrected chi connectivity index (χ2v) is 5.73. The molecule has 3 heteroatoms. The molecule has 1 aromatic rings. The van der Waals surface area contributed by atoms with Crippen LogP contribution < -0.4 is 4.90 Å². The molecule has 0 amide bonds. The van der Waals surface area contributed by atoms with Crippen molar-refractivity contribution in [3.63, 3.8) is 0 Å². The molecule has 0 spiro atoms. The van der Waals surface area contributed by atoms with Crippen molar-refractivity contribution in [3.05, 3.63) is 28.8 Å². The van der Waals surface area contributed by atoms with E-state index in [1.807, 2.05) is 18.2 Å². The van der Waals surface area contributed by atoms with Crippen molar-refractivity contribution in [3.8, 4) is 0 Å². The van der Waals surface area contributed by atoms with E-state index in [1.165, 1.54) is 25.7 Å². The first kappa shape index (κ1) is 14.4. The summed E-state index contributed by atoms with van der Waals surface area (Å²) in [5.74, 6) is 0.0273. The molecule has 1 aliphatic heterocycles. The molecule has 19 heavy (non-hydrogen) atoms. The summed E-state index contributed by atoms with van der Waals surface area (Å²) in [6.45, 7) is 4.89. The Labute approximate surface area is 120 Å². The van der Waals surface area contributed by atoms with Crippen LogP contribution in [0.15, 0.2) is 18.2 Å². The van der Waals surface area contributed by atoms with Gasteiger partial charge in [-0.25, -0.2) is 0 Å². The second-order valence-electron chi connectivity index (χ2n) is 5.33. The summed E-state index contributed by atoms with van der Waals surface area (Å²) in [6.07, 6.45) is 6.28. The van der Waals surface area contributed by atoms with E-state index in [-0.39, 0.29) is 5.78 Å². The van der Waals surface area contributed by atoms with Crippen LogP contribution in [-0.4, -0.2) is 18.4 Å². The molecule has 0 bridgehead atoms. The lowest BCUT2D eigenvalue weighted by atomic mass is 10.1. The molecule has 104 valence electrons. The highest BCUT2D eigenvalue weighted by atomic mass is 35.5. The predicted molar refractivity (Wildman–Crippen MR) is 81.3 cm³/mol. The van der Waals surface area contributed by atoms with Gasteiger partial charge in [-0.1, -0.05) is 31.4 Å². The number of Topliss-reactive ketones (excluding diaryl/α,β-unsaturated/α-hetero) is 1. The molecule has 2 rings (SSSR count). The Morgan fingerprint density at radius 3 is 2.79 bits per heavy atom. The third-order valence-electron chi connectivity index (χ3n) is 4.01. The minimum Gasteiger partial charge on any atom is -0.369 e. The van der Waals surface area contributed by atoms with Crippen molar-refractivity contribution >= 4 is 23.1 Å². The number of carbonyl (C=O) groups is 1. The lowest BCUT2D eigenvalue weighted by Crippen LogP contribution is -2.34. The fourth-order valence-electron chi connectivity index (χ4n) is 2.91. The highest BCUT2D eigenvalue weighted by molar-refractivity contribution is 6.34. The highest BCUT2D eigenvalue weighted by Crippen LogP contribution is 2.29. The van der Waals surface area contributed by atoms with Crippen LogP contribution in [0.5, 0.6) is 0 Å². The molecule has 1 heterocycles. The van der Waals surface area contributed by atoms with Gasteiger partial charge in [0.15, 0.2) is 5.78 Å². The number of carbonyl (C=O) groups excluding carboxylic acids is 1. The highest BCUT2D eigenvalue weighted by Gasteiger charge is 2.20. The van der Waals surface area contributed by atoms with Crippen LogP contribution in [0.25, 0.3) is 0 Å². The van der Waals surface area contributed by atoms with Gasteiger partial charge in [-0.05, 0) is 44.4 Å². The summed E-state index contributed by atoms with van der Waals surface area (Å²) < 4.78 is 0. The molecule has 1 aliphatic rings. The van der Waals surface area contributed by atoms with Crippen molar-refractivity contribution < 1.29 is 4.79 Å². The zero-order valence-corrected chi connectivity index (χ0v) is 12.5. The van der Waals surface area contributed by atoms with Crippen LogP contribution in [0.2, 0.25) is 5.02 Å². The molecular formula is C16H22ClNO. The Bertz CT molecular complexity index is 458. The number of benzene rings is 1. The van der Waals surface area contributed by atoms with Gasteiger partial charge in [-0.3, -0.25) is 4.79 Å². The van der Waals surface area contributed by atoms with Crippen molar-refractivity contribution in [1.29, 1.82) is 0 Å². The topological polar surface area (TPSA) is 20.3 Å². The summed E-state index contributed by atoms with van der Waals surface area (Å²) in [4.78, 5) is 13.9. The van der Waals surface area contributed by atoms with Gasteiger partial charge in [0.2, 0.25) is 0 Å². The van der Waals surface area contributed by atoms with E-state index in [9.17, 15) is 4.79 Å². The van der Waals surface area contributed by atoms with Crippen molar-refractivity contribution in [2.75, 3.05) is 11.4 Å². The normalized spacial score (nSPS) is 20.2. The van der Waals surface area contributed by atoms with E-state index in [2.05, 4.69) is 11.8 Å². The number of rotatable bonds is 3. The minimum absolute atomic E-state index is 0.0273. The van der Waals surface area contributed by atoms with Gasteiger partial charge in [-0.15, -0.1) is 0 Å². The van der Waals surface area contributed by atoms with Crippen molar-refractivity contribution in [1.82, 2.24) is 0 Å². The molecule has 0 radical (unpaired) electrons. The number of hydrogen-bond donors (Lipinski definition) is 0. The molecule has 1 fully saturated rings. The second kappa shape index (κ2) is 6.42. The van der Waals surface area contributed by atoms with Gasteiger partial charge in [-0.2, -0.15) is 0 Å². The van der Waals surface area contributed by atoms with Crippen molar-refractivity contribution in [2.45, 2.75) is 52.0 Å². The molecule has 1 saturated heterocycles. The monoisotopic (exact) mass is 279 g/mol. The summed E-state index contributed by atoms with van der Waals surface area (Å²) in [5.41, 5.74) is 1.78. The standard InChI is InChI=1S/C16H22ClNO/c1-3-13-7-5-4-6-10-18(13)14-8-9-15(12(2)19)16(17)11-14/h8-9,11,13H,3-7,10H2,1-2H3. The fraction of sp³-hybridized carbons (Fsp3) is 0.562. The Morgan fingerprint density at radius 1 is 1.37 bits per heavy atom. The summed E-state index contributed by atoms with van der Waals surface area (Å²) in [5, 5.41) is 0.573. The van der Waals surface area contributed by atoms with Gasteiger partial charge in [0.05, 0.1) is 5.02 Å². The van der Waals surface area contributed by atoms with E-state index in [4.69, 9.17) is 11.6 Å². The van der Waals surface area contributed by atoms with E-state index < -0.39 is 0 Å². The quantitative estimate of drug-likeness (QED) is 0.748. The summed E-state index contributed by atoms with van der Waals surface area (Å²) in [7, 11) is 0. The molecular weight excluding hydrogens is 258 g/mol. The Kier molecular flexibility index (Phi) is 4.87. The number of hydrogen-bond acceptors (Lipinski definition) is 2. The van der Waals surface area contributed by atoms with Gasteiger partial charge in [0.25, 0.3) is 0 Å². The molecule has 1 unspecified atom stereocenters. The Balaban J connectivity index is 2.28. The van der Waals surface area contributed by atoms with E-state index >= 15 is 0 Å². The predicted octanol–water partition coefficient (Wildman–Crippen LogP) is 4.70. The zero-order chi connectivity index (χ0) is 13.8. The molecule has 2 nitrogen and oxygen atoms in total. The summed E-state index contributed by atoms with van der Waals surface area (Å²) in [6, 6.07) is 6.45. The van der Waals surface area contributed by atoms with Crippen LogP contribution in [-0.2, 0) is 0 Å². The van der Waals surface area contributed by atoms with E-state index in [1.54, 1.807) is 6.92 Å². The third-order valence-corrected chi connectivity index (χ3v) is 4.32. The molecule has 0 aromatic heterocycles. The Hall–Kier alpha value is -1.02. The van der Waals surface area contributed by atoms with Crippen LogP contribution in [0.1, 0.15) is 56.3 Å². The average molecular weight is 280 g/mol. The van der Waals surface area contributed by atoms with Crippen molar-refractivity contribution in [2.24, 2.45) is 0 Å². The minimum atomic E-state index is 0.0273. The van der Waals surface area contributed by atoms with E-state index in [0.717, 1.165) is 18.7 Å². The van der Waals surface area contributed by atoms with E-state index in [0.29, 0.717) is 16.6 Å². The molecule has 1 atom stereocenters. The zero-order valence-electron chi connectivity index (χ0n) is 11.8. The number of ketones is 1. The maximum Gasteiger partial charge on any atom is 0.161 e. The first-order valence-electron chi connectivity index (χ1n) is 7.20. The Morgan fingerprint density at radius 2 is 2.16 bits per heavy atom. The maximum atomic E-state index is 11.4. The SMILES string of the molecule is CCC1CCCCCN1c1ccc(C(C)=O)c(Cl)c1. The smallest absolute Gasteiger partial charge is 0.161 e. The largest absolute Gasteiger partial charge is 0.369 e. The average Bonchev–Trinajstić information content (AvgIpc) is 2.63. The lowest BCUT2D eigenvalue weighted by molar-refractivity contribution is 0.101. The third kappa shape index (κ3) is 3.30. The van der Waals surface area contributed by atoms with Gasteiger partial charge >= 0.3 is 0 Å². The molecule has 1 aromatic carbocycles. The maximum absolute atomic E-state index is 11.4. The molecule has 0 saturated carbocycles. The molecule has 0 N–H and O–H groups in total. The van der Waals surface area contributed by atoms with Crippen LogP contribution in [0.4, 0.5) is 5.69 Å². The molecule has 0 aliphatic carbocycles. The van der Waals surface area contributed by atoms with Gasteiger partial charge in [0.1, 0.15) is 0 Å². The van der Waals surface area contributed by atoms with Gasteiger partial charge < -0.3 is 4.90 Å². The fourth-order valence-corrected chi connectivity index (χ4v) is 3.22. The van der Waals surface area contributed by atoms with Gasteiger partial charge in [0, 0.05) is 23.8 Å². The first-order valence-corrected chi connectivity index (χ1v) is 7.58. The first-order chi connectivity index (χ1) is 9.13. The lowest BCUT2D eigenvalue weighted by Gasteiger charge is -2.31. The number of anilines is 1. The van der Waals surface area contributed by atoms with Crippen LogP contribution in [0, 0.1) is 0 Å². The summed E-state index contributed by atoms with van der Waals surface area (Å²) >= 11 is 6.23. The van der Waals surface area contributed by atoms with Crippen LogP contribution >= 0.6 is 11.6 Å². The van der Waals surface area contributed by atoms with Crippen LogP contribution in [0.3, 0.4) is 0 Å².